The number of carbonyl (C=O) groups is 2. The Labute approximate surface area is 166 Å². The normalized spacial score (nSPS) is 15.5. The van der Waals surface area contributed by atoms with Crippen molar-refractivity contribution in [1.82, 2.24) is 0 Å². The van der Waals surface area contributed by atoms with Gasteiger partial charge < -0.3 is 31.0 Å². The van der Waals surface area contributed by atoms with Crippen molar-refractivity contribution in [3.63, 3.8) is 0 Å². The van der Waals surface area contributed by atoms with Gasteiger partial charge in [-0.05, 0) is 24.6 Å². The van der Waals surface area contributed by atoms with Gasteiger partial charge in [0.15, 0.2) is 11.5 Å². The molecule has 0 saturated heterocycles. The number of primary amides is 1. The third-order valence-corrected chi connectivity index (χ3v) is 5.79. The molecule has 1 unspecified atom stereocenters. The maximum atomic E-state index is 12.6. The first kappa shape index (κ1) is 19.6. The number of benzene rings is 1. The van der Waals surface area contributed by atoms with Crippen LogP contribution in [0.25, 0.3) is 0 Å². The van der Waals surface area contributed by atoms with Crippen LogP contribution in [0.3, 0.4) is 0 Å². The second-order valence-electron chi connectivity index (χ2n) is 6.15. The summed E-state index contributed by atoms with van der Waals surface area (Å²) in [6, 6.07) is 5.34. The Morgan fingerprint density at radius 1 is 1.14 bits per heavy atom. The van der Waals surface area contributed by atoms with E-state index in [0.29, 0.717) is 33.3 Å². The largest absolute Gasteiger partial charge is 0.493 e. The number of amides is 1. The summed E-state index contributed by atoms with van der Waals surface area (Å²) in [7, 11) is 4.39. The average Bonchev–Trinajstić information content (AvgIpc) is 3.02. The van der Waals surface area contributed by atoms with Crippen LogP contribution in [0, 0.1) is 0 Å². The molecule has 1 aliphatic heterocycles. The van der Waals surface area contributed by atoms with Gasteiger partial charge in [0.25, 0.3) is 5.91 Å². The van der Waals surface area contributed by atoms with E-state index in [9.17, 15) is 9.59 Å². The molecule has 1 aliphatic rings. The zero-order valence-electron chi connectivity index (χ0n) is 15.9. The number of anilines is 2. The SMILES string of the molecule is COC(=O)C1=C(C)Nc2sc(C(N)=O)c(N)c2C1c1ccc(OC)c(OC)c1. The summed E-state index contributed by atoms with van der Waals surface area (Å²) < 4.78 is 15.7. The summed E-state index contributed by atoms with van der Waals surface area (Å²) in [6.45, 7) is 1.77. The lowest BCUT2D eigenvalue weighted by molar-refractivity contribution is -0.136. The van der Waals surface area contributed by atoms with Crippen LogP contribution in [0.2, 0.25) is 0 Å². The number of nitrogen functional groups attached to an aromatic ring is 1. The fraction of sp³-hybridized carbons (Fsp3) is 0.263. The van der Waals surface area contributed by atoms with E-state index in [1.807, 2.05) is 6.07 Å². The first-order valence-electron chi connectivity index (χ1n) is 8.34. The standard InChI is InChI=1S/C19H21N3O5S/c1-8-12(19(24)27-4)13(9-5-6-10(25-2)11(7-9)26-3)14-15(20)16(17(21)23)28-18(14)22-8/h5-7,13,22H,20H2,1-4H3,(H2,21,23). The molecule has 0 fully saturated rings. The van der Waals surface area contributed by atoms with Crippen molar-refractivity contribution in [2.45, 2.75) is 12.8 Å². The van der Waals surface area contributed by atoms with E-state index in [-0.39, 0.29) is 10.6 Å². The van der Waals surface area contributed by atoms with Gasteiger partial charge >= 0.3 is 5.97 Å². The highest BCUT2D eigenvalue weighted by Crippen LogP contribution is 2.50. The van der Waals surface area contributed by atoms with Crippen LogP contribution in [-0.4, -0.2) is 33.2 Å². The van der Waals surface area contributed by atoms with Crippen LogP contribution in [0.1, 0.15) is 33.6 Å². The third-order valence-electron chi connectivity index (χ3n) is 4.64. The van der Waals surface area contributed by atoms with E-state index in [2.05, 4.69) is 5.32 Å². The molecule has 2 heterocycles. The summed E-state index contributed by atoms with van der Waals surface area (Å²) >= 11 is 1.16. The molecule has 0 bridgehead atoms. The molecule has 3 rings (SSSR count). The van der Waals surface area contributed by atoms with Gasteiger partial charge in [-0.1, -0.05) is 6.07 Å². The third kappa shape index (κ3) is 3.03. The molecule has 1 aromatic heterocycles. The monoisotopic (exact) mass is 403 g/mol. The van der Waals surface area contributed by atoms with Gasteiger partial charge in [-0.15, -0.1) is 11.3 Å². The maximum Gasteiger partial charge on any atom is 0.336 e. The highest BCUT2D eigenvalue weighted by atomic mass is 32.1. The molecule has 148 valence electrons. The Morgan fingerprint density at radius 2 is 1.82 bits per heavy atom. The smallest absolute Gasteiger partial charge is 0.336 e. The number of hydrogen-bond donors (Lipinski definition) is 3. The molecule has 8 nitrogen and oxygen atoms in total. The van der Waals surface area contributed by atoms with Crippen LogP contribution in [0.5, 0.6) is 11.5 Å². The fourth-order valence-corrected chi connectivity index (χ4v) is 4.43. The molecule has 1 amide bonds. The van der Waals surface area contributed by atoms with Crippen molar-refractivity contribution in [2.24, 2.45) is 5.73 Å². The van der Waals surface area contributed by atoms with Gasteiger partial charge in [0.05, 0.1) is 37.6 Å². The number of thiophene rings is 1. The summed E-state index contributed by atoms with van der Waals surface area (Å²) in [5.74, 6) is -0.626. The minimum absolute atomic E-state index is 0.238. The van der Waals surface area contributed by atoms with E-state index in [4.69, 9.17) is 25.7 Å². The molecule has 28 heavy (non-hydrogen) atoms. The number of carbonyl (C=O) groups excluding carboxylic acids is 2. The van der Waals surface area contributed by atoms with Crippen LogP contribution >= 0.6 is 11.3 Å². The lowest BCUT2D eigenvalue weighted by Crippen LogP contribution is -2.23. The number of nitrogens with one attached hydrogen (secondary N) is 1. The van der Waals surface area contributed by atoms with Crippen LogP contribution in [-0.2, 0) is 9.53 Å². The topological polar surface area (TPSA) is 126 Å². The zero-order chi connectivity index (χ0) is 20.6. The quantitative estimate of drug-likeness (QED) is 0.655. The van der Waals surface area contributed by atoms with Crippen molar-refractivity contribution in [2.75, 3.05) is 32.4 Å². The molecule has 1 aromatic carbocycles. The Hall–Kier alpha value is -3.20. The van der Waals surface area contributed by atoms with Crippen LogP contribution < -0.4 is 26.3 Å². The summed E-state index contributed by atoms with van der Waals surface area (Å²) in [4.78, 5) is 24.6. The van der Waals surface area contributed by atoms with Crippen LogP contribution in [0.4, 0.5) is 10.7 Å². The fourth-order valence-electron chi connectivity index (χ4n) is 3.36. The number of fused-ring (bicyclic) bond motifs is 1. The van der Waals surface area contributed by atoms with Crippen molar-refractivity contribution in [3.8, 4) is 11.5 Å². The van der Waals surface area contributed by atoms with Crippen molar-refractivity contribution in [1.29, 1.82) is 0 Å². The summed E-state index contributed by atoms with van der Waals surface area (Å²) in [5.41, 5.74) is 14.3. The Balaban J connectivity index is 2.29. The first-order valence-corrected chi connectivity index (χ1v) is 9.15. The van der Waals surface area contributed by atoms with Gasteiger partial charge in [0.2, 0.25) is 0 Å². The number of hydrogen-bond acceptors (Lipinski definition) is 8. The minimum atomic E-state index is -0.623. The van der Waals surface area contributed by atoms with Gasteiger partial charge in [-0.25, -0.2) is 4.79 Å². The molecule has 2 aromatic rings. The summed E-state index contributed by atoms with van der Waals surface area (Å²) in [6.07, 6.45) is 0. The molecular weight excluding hydrogens is 382 g/mol. The molecule has 0 spiro atoms. The molecule has 5 N–H and O–H groups in total. The number of rotatable bonds is 5. The zero-order valence-corrected chi connectivity index (χ0v) is 16.7. The van der Waals surface area contributed by atoms with E-state index in [1.165, 1.54) is 14.2 Å². The number of esters is 1. The average molecular weight is 403 g/mol. The Kier molecular flexibility index (Phi) is 5.19. The second kappa shape index (κ2) is 7.43. The lowest BCUT2D eigenvalue weighted by Gasteiger charge is -2.28. The Morgan fingerprint density at radius 3 is 2.39 bits per heavy atom. The maximum absolute atomic E-state index is 12.6. The van der Waals surface area contributed by atoms with Crippen molar-refractivity contribution in [3.05, 3.63) is 45.5 Å². The molecule has 0 saturated carbocycles. The van der Waals surface area contributed by atoms with Crippen molar-refractivity contribution >= 4 is 33.9 Å². The van der Waals surface area contributed by atoms with Crippen molar-refractivity contribution < 1.29 is 23.8 Å². The van der Waals surface area contributed by atoms with E-state index < -0.39 is 17.8 Å². The molecule has 9 heteroatoms. The number of nitrogens with two attached hydrogens (primary N) is 2. The summed E-state index contributed by atoms with van der Waals surface area (Å²) in [5, 5.41) is 3.81. The second-order valence-corrected chi connectivity index (χ2v) is 7.18. The number of ether oxygens (including phenoxy) is 3. The highest BCUT2D eigenvalue weighted by molar-refractivity contribution is 7.19. The van der Waals surface area contributed by atoms with Crippen LogP contribution in [0.15, 0.2) is 29.5 Å². The van der Waals surface area contributed by atoms with E-state index in [1.54, 1.807) is 26.2 Å². The predicted octanol–water partition coefficient (Wildman–Crippen LogP) is 2.45. The first-order chi connectivity index (χ1) is 13.3. The minimum Gasteiger partial charge on any atom is -0.493 e. The van der Waals surface area contributed by atoms with E-state index in [0.717, 1.165) is 16.9 Å². The highest BCUT2D eigenvalue weighted by Gasteiger charge is 2.37. The Bertz CT molecular complexity index is 996. The van der Waals surface area contributed by atoms with Gasteiger partial charge in [0, 0.05) is 17.2 Å². The van der Waals surface area contributed by atoms with Gasteiger partial charge in [0.1, 0.15) is 4.88 Å². The molecule has 0 aliphatic carbocycles. The van der Waals surface area contributed by atoms with Gasteiger partial charge in [-0.2, -0.15) is 0 Å². The molecule has 1 atom stereocenters. The molecular formula is C19H21N3O5S. The number of allylic oxidation sites excluding steroid dienone is 1. The lowest BCUT2D eigenvalue weighted by atomic mass is 9.81. The van der Waals surface area contributed by atoms with E-state index >= 15 is 0 Å². The molecule has 0 radical (unpaired) electrons. The number of methoxy groups -OCH3 is 3. The predicted molar refractivity (Wildman–Crippen MR) is 107 cm³/mol. The van der Waals surface area contributed by atoms with Gasteiger partial charge in [-0.3, -0.25) is 4.79 Å².